The molecule has 0 atom stereocenters. The molecular weight excluding hydrogens is 448 g/mol. The van der Waals surface area contributed by atoms with E-state index in [1.54, 1.807) is 41.7 Å². The third kappa shape index (κ3) is 6.48. The summed E-state index contributed by atoms with van der Waals surface area (Å²) in [5.74, 6) is 0.658. The Kier molecular flexibility index (Phi) is 8.13. The van der Waals surface area contributed by atoms with Gasteiger partial charge in [-0.05, 0) is 73.7 Å². The van der Waals surface area contributed by atoms with E-state index in [2.05, 4.69) is 10.0 Å². The van der Waals surface area contributed by atoms with Gasteiger partial charge in [0.15, 0.2) is 0 Å². The zero-order valence-electron chi connectivity index (χ0n) is 18.0. The molecule has 0 aliphatic carbocycles. The van der Waals surface area contributed by atoms with Crippen molar-refractivity contribution in [2.24, 2.45) is 0 Å². The van der Waals surface area contributed by atoms with E-state index in [0.29, 0.717) is 36.6 Å². The van der Waals surface area contributed by atoms with Gasteiger partial charge in [0.05, 0.1) is 13.7 Å². The van der Waals surface area contributed by atoms with Gasteiger partial charge in [-0.1, -0.05) is 6.07 Å². The largest absolute Gasteiger partial charge is 0.495 e. The Morgan fingerprint density at radius 2 is 1.81 bits per heavy atom. The van der Waals surface area contributed by atoms with Crippen molar-refractivity contribution >= 4 is 38.6 Å². The van der Waals surface area contributed by atoms with Gasteiger partial charge in [-0.2, -0.15) is 0 Å². The number of carbonyl (C=O) groups is 1. The van der Waals surface area contributed by atoms with Crippen LogP contribution in [0.5, 0.6) is 11.5 Å². The molecule has 1 amide bonds. The fourth-order valence-electron chi connectivity index (χ4n) is 3.06. The van der Waals surface area contributed by atoms with Gasteiger partial charge in [0.25, 0.3) is 10.0 Å². The van der Waals surface area contributed by atoms with Crippen LogP contribution in [0.3, 0.4) is 0 Å². The number of sulfonamides is 1. The highest BCUT2D eigenvalue weighted by Crippen LogP contribution is 2.29. The molecule has 3 rings (SSSR count). The molecule has 0 spiro atoms. The molecule has 7 nitrogen and oxygen atoms in total. The number of anilines is 2. The second-order valence-corrected chi connectivity index (χ2v) is 9.59. The number of nitrogens with one attached hydrogen (secondary N) is 2. The van der Waals surface area contributed by atoms with Gasteiger partial charge >= 0.3 is 0 Å². The summed E-state index contributed by atoms with van der Waals surface area (Å²) in [7, 11) is -2.55. The molecule has 0 fully saturated rings. The Balaban J connectivity index is 1.69. The molecule has 0 bridgehead atoms. The molecule has 0 unspecified atom stereocenters. The van der Waals surface area contributed by atoms with Gasteiger partial charge in [0, 0.05) is 22.7 Å². The summed E-state index contributed by atoms with van der Waals surface area (Å²) in [6.07, 6.45) is 1.89. The predicted molar refractivity (Wildman–Crippen MR) is 127 cm³/mol. The van der Waals surface area contributed by atoms with Gasteiger partial charge in [0.1, 0.15) is 16.4 Å². The lowest BCUT2D eigenvalue weighted by atomic mass is 10.2. The summed E-state index contributed by atoms with van der Waals surface area (Å²) >= 11 is 1.66. The first-order valence-electron chi connectivity index (χ1n) is 10.2. The minimum atomic E-state index is -3.95. The molecule has 9 heteroatoms. The van der Waals surface area contributed by atoms with Crippen molar-refractivity contribution in [3.8, 4) is 11.5 Å². The molecule has 32 heavy (non-hydrogen) atoms. The van der Waals surface area contributed by atoms with E-state index < -0.39 is 10.0 Å². The van der Waals surface area contributed by atoms with Crippen molar-refractivity contribution in [1.29, 1.82) is 0 Å². The summed E-state index contributed by atoms with van der Waals surface area (Å²) in [4.78, 5) is 13.5. The first kappa shape index (κ1) is 23.6. The Bertz CT molecular complexity index is 1130. The number of aryl methyl sites for hydroxylation is 1. The van der Waals surface area contributed by atoms with E-state index in [0.717, 1.165) is 6.42 Å². The van der Waals surface area contributed by atoms with Gasteiger partial charge in [-0.25, -0.2) is 8.42 Å². The number of carbonyl (C=O) groups excluding carboxylic acids is 1. The van der Waals surface area contributed by atoms with Crippen LogP contribution in [-0.2, 0) is 21.2 Å². The van der Waals surface area contributed by atoms with E-state index in [1.165, 1.54) is 24.1 Å². The highest BCUT2D eigenvalue weighted by atomic mass is 32.2. The second kappa shape index (κ2) is 11.0. The highest BCUT2D eigenvalue weighted by Gasteiger charge is 2.21. The molecular formula is C23H26N2O5S2. The normalized spacial score (nSPS) is 11.1. The summed E-state index contributed by atoms with van der Waals surface area (Å²) in [6, 6.07) is 15.2. The van der Waals surface area contributed by atoms with E-state index in [1.807, 2.05) is 24.4 Å². The highest BCUT2D eigenvalue weighted by molar-refractivity contribution is 7.92. The topological polar surface area (TPSA) is 93.7 Å². The van der Waals surface area contributed by atoms with Crippen molar-refractivity contribution in [3.63, 3.8) is 0 Å². The maximum absolute atomic E-state index is 13.0. The van der Waals surface area contributed by atoms with Gasteiger partial charge in [-0.15, -0.1) is 11.3 Å². The number of amides is 1. The van der Waals surface area contributed by atoms with Crippen LogP contribution >= 0.6 is 11.3 Å². The van der Waals surface area contributed by atoms with Crippen LogP contribution in [0.2, 0.25) is 0 Å². The molecule has 1 heterocycles. The lowest BCUT2D eigenvalue weighted by molar-refractivity contribution is -0.116. The summed E-state index contributed by atoms with van der Waals surface area (Å²) in [5.41, 5.74) is 0.775. The monoisotopic (exact) mass is 474 g/mol. The standard InChI is InChI=1S/C23H26N2O5S2/c1-3-30-19-12-9-17(10-13-19)25-32(27,28)22-16-18(11-14-21(22)29-2)24-23(26)8-4-6-20-7-5-15-31-20/h5,7,9-16,25H,3-4,6,8H2,1-2H3,(H,24,26). The molecule has 0 saturated carbocycles. The summed E-state index contributed by atoms with van der Waals surface area (Å²) in [5, 5.41) is 4.78. The van der Waals surface area contributed by atoms with Crippen LogP contribution in [0.25, 0.3) is 0 Å². The zero-order valence-corrected chi connectivity index (χ0v) is 19.6. The van der Waals surface area contributed by atoms with Crippen molar-refractivity contribution in [2.75, 3.05) is 23.8 Å². The molecule has 2 aromatic carbocycles. The third-order valence-corrected chi connectivity index (χ3v) is 6.90. The number of rotatable bonds is 11. The number of methoxy groups -OCH3 is 1. The third-order valence-electron chi connectivity index (χ3n) is 4.56. The minimum absolute atomic E-state index is 0.0646. The molecule has 3 aromatic rings. The van der Waals surface area contributed by atoms with Gasteiger partial charge in [0.2, 0.25) is 5.91 Å². The molecule has 2 N–H and O–H groups in total. The number of thiophene rings is 1. The van der Waals surface area contributed by atoms with E-state index in [-0.39, 0.29) is 16.6 Å². The van der Waals surface area contributed by atoms with Crippen LogP contribution in [0, 0.1) is 0 Å². The number of ether oxygens (including phenoxy) is 2. The summed E-state index contributed by atoms with van der Waals surface area (Å²) in [6.45, 7) is 2.40. The molecule has 0 aliphatic heterocycles. The minimum Gasteiger partial charge on any atom is -0.495 e. The first-order chi connectivity index (χ1) is 15.4. The molecule has 0 aliphatic rings. The van der Waals surface area contributed by atoms with Crippen molar-refractivity contribution in [3.05, 3.63) is 64.9 Å². The number of benzene rings is 2. The maximum Gasteiger partial charge on any atom is 0.265 e. The van der Waals surface area contributed by atoms with Crippen LogP contribution in [0.1, 0.15) is 24.6 Å². The van der Waals surface area contributed by atoms with Crippen molar-refractivity contribution < 1.29 is 22.7 Å². The second-order valence-electron chi connectivity index (χ2n) is 6.91. The predicted octanol–water partition coefficient (Wildman–Crippen LogP) is 4.92. The van der Waals surface area contributed by atoms with E-state index in [4.69, 9.17) is 9.47 Å². The number of hydrogen-bond donors (Lipinski definition) is 2. The lowest BCUT2D eigenvalue weighted by Gasteiger charge is -2.14. The van der Waals surface area contributed by atoms with Crippen molar-refractivity contribution in [2.45, 2.75) is 31.1 Å². The van der Waals surface area contributed by atoms with Crippen LogP contribution < -0.4 is 19.5 Å². The number of hydrogen-bond acceptors (Lipinski definition) is 6. The maximum atomic E-state index is 13.0. The molecule has 170 valence electrons. The smallest absolute Gasteiger partial charge is 0.265 e. The quantitative estimate of drug-likeness (QED) is 0.412. The average Bonchev–Trinajstić information content (AvgIpc) is 3.28. The Hall–Kier alpha value is -3.04. The fraction of sp³-hybridized carbons (Fsp3) is 0.261. The molecule has 1 aromatic heterocycles. The fourth-order valence-corrected chi connectivity index (χ4v) is 5.07. The van der Waals surface area contributed by atoms with E-state index in [9.17, 15) is 13.2 Å². The molecule has 0 saturated heterocycles. The molecule has 0 radical (unpaired) electrons. The Labute approximate surface area is 192 Å². The Morgan fingerprint density at radius 3 is 2.47 bits per heavy atom. The van der Waals surface area contributed by atoms with E-state index >= 15 is 0 Å². The van der Waals surface area contributed by atoms with Gasteiger partial charge < -0.3 is 14.8 Å². The van der Waals surface area contributed by atoms with Crippen LogP contribution in [0.15, 0.2) is 64.9 Å². The Morgan fingerprint density at radius 1 is 1.06 bits per heavy atom. The SMILES string of the molecule is CCOc1ccc(NS(=O)(=O)c2cc(NC(=O)CCCc3cccs3)ccc2OC)cc1. The van der Waals surface area contributed by atoms with Crippen LogP contribution in [-0.4, -0.2) is 28.0 Å². The van der Waals surface area contributed by atoms with Gasteiger partial charge in [-0.3, -0.25) is 9.52 Å². The first-order valence-corrected chi connectivity index (χ1v) is 12.5. The zero-order chi connectivity index (χ0) is 23.0. The van der Waals surface area contributed by atoms with Crippen LogP contribution in [0.4, 0.5) is 11.4 Å². The van der Waals surface area contributed by atoms with Crippen molar-refractivity contribution in [1.82, 2.24) is 0 Å². The lowest BCUT2D eigenvalue weighted by Crippen LogP contribution is -2.16. The average molecular weight is 475 g/mol. The summed E-state index contributed by atoms with van der Waals surface area (Å²) < 4.78 is 39.1.